The first kappa shape index (κ1) is 35.9. The summed E-state index contributed by atoms with van der Waals surface area (Å²) in [4.78, 5) is 55.6. The molecule has 5 aliphatic heterocycles. The van der Waals surface area contributed by atoms with Gasteiger partial charge in [0.2, 0.25) is 11.8 Å². The molecule has 3 saturated heterocycles. The number of benzene rings is 2. The molecule has 0 bridgehead atoms. The van der Waals surface area contributed by atoms with Gasteiger partial charge in [0, 0.05) is 50.4 Å². The van der Waals surface area contributed by atoms with Crippen LogP contribution < -0.4 is 20.4 Å². The lowest BCUT2D eigenvalue weighted by molar-refractivity contribution is -0.136. The van der Waals surface area contributed by atoms with Gasteiger partial charge in [-0.2, -0.15) is 0 Å². The Morgan fingerprint density at radius 2 is 1.74 bits per heavy atom. The molecule has 0 aliphatic carbocycles. The summed E-state index contributed by atoms with van der Waals surface area (Å²) >= 11 is 8.31. The van der Waals surface area contributed by atoms with E-state index < -0.39 is 6.04 Å². The number of aromatic nitrogens is 2. The molecule has 11 nitrogen and oxygen atoms in total. The summed E-state index contributed by atoms with van der Waals surface area (Å²) in [6.45, 7) is 9.85. The smallest absolute Gasteiger partial charge is 0.255 e. The second-order valence-corrected chi connectivity index (χ2v) is 16.6. The molecule has 278 valence electrons. The van der Waals surface area contributed by atoms with Gasteiger partial charge in [-0.1, -0.05) is 47.6 Å². The van der Waals surface area contributed by atoms with Crippen molar-refractivity contribution in [3.8, 4) is 0 Å². The predicted octanol–water partition coefficient (Wildman–Crippen LogP) is 6.10. The summed E-state index contributed by atoms with van der Waals surface area (Å²) in [5.41, 5.74) is 5.01. The van der Waals surface area contributed by atoms with Gasteiger partial charge in [-0.15, -0.1) is 0 Å². The molecule has 2 atom stereocenters. The number of carbonyl (C=O) groups is 3. The van der Waals surface area contributed by atoms with Gasteiger partial charge >= 0.3 is 0 Å². The molecular formula is C40H47ClN8O3S. The number of amides is 3. The van der Waals surface area contributed by atoms with E-state index in [9.17, 15) is 14.4 Å². The number of anilines is 3. The molecular weight excluding hydrogens is 708 g/mol. The molecule has 8 rings (SSSR count). The third-order valence-electron chi connectivity index (χ3n) is 11.5. The fourth-order valence-corrected chi connectivity index (χ4v) is 9.81. The van der Waals surface area contributed by atoms with Crippen molar-refractivity contribution in [2.24, 2.45) is 11.8 Å². The maximum Gasteiger partial charge on any atom is 0.255 e. The summed E-state index contributed by atoms with van der Waals surface area (Å²) in [6, 6.07) is 13.7. The quantitative estimate of drug-likeness (QED) is 0.249. The number of hydrogen-bond donors (Lipinski definition) is 2. The molecule has 2 unspecified atom stereocenters. The van der Waals surface area contributed by atoms with Crippen molar-refractivity contribution in [2.45, 2.75) is 76.9 Å². The number of fused-ring (bicyclic) bond motifs is 1. The number of hydrogen-bond acceptors (Lipinski definition) is 10. The fraction of sp³-hybridized carbons (Fsp3) is 0.475. The third-order valence-corrected chi connectivity index (χ3v) is 12.7. The van der Waals surface area contributed by atoms with Gasteiger partial charge in [0.15, 0.2) is 5.50 Å². The lowest BCUT2D eigenvalue weighted by atomic mass is 9.88. The number of halogens is 1. The van der Waals surface area contributed by atoms with Crippen molar-refractivity contribution < 1.29 is 14.4 Å². The van der Waals surface area contributed by atoms with E-state index >= 15 is 0 Å². The van der Waals surface area contributed by atoms with E-state index in [-0.39, 0.29) is 29.6 Å². The number of imide groups is 1. The summed E-state index contributed by atoms with van der Waals surface area (Å²) in [6.07, 6.45) is 8.39. The minimum Gasteiger partial charge on any atom is -0.356 e. The molecule has 0 spiro atoms. The molecule has 2 aromatic carbocycles. The van der Waals surface area contributed by atoms with Crippen LogP contribution >= 0.6 is 23.4 Å². The maximum atomic E-state index is 13.1. The minimum absolute atomic E-state index is 0.0532. The van der Waals surface area contributed by atoms with Gasteiger partial charge in [0.25, 0.3) is 5.91 Å². The summed E-state index contributed by atoms with van der Waals surface area (Å²) in [5, 5.41) is 8.82. The van der Waals surface area contributed by atoms with Crippen LogP contribution in [0.25, 0.3) is 0 Å². The number of rotatable bonds is 9. The van der Waals surface area contributed by atoms with E-state index in [0.717, 1.165) is 91.3 Å². The normalized spacial score (nSPS) is 22.8. The third kappa shape index (κ3) is 7.77. The summed E-state index contributed by atoms with van der Waals surface area (Å²) in [7, 11) is 0. The maximum absolute atomic E-state index is 13.1. The Labute approximate surface area is 320 Å². The van der Waals surface area contributed by atoms with Gasteiger partial charge in [0.1, 0.15) is 23.5 Å². The van der Waals surface area contributed by atoms with Crippen LogP contribution in [-0.4, -0.2) is 81.8 Å². The average Bonchev–Trinajstić information content (AvgIpc) is 3.72. The van der Waals surface area contributed by atoms with E-state index in [1.54, 1.807) is 16.7 Å². The molecule has 3 amide bonds. The van der Waals surface area contributed by atoms with Gasteiger partial charge in [-0.05, 0) is 112 Å². The Morgan fingerprint density at radius 1 is 0.943 bits per heavy atom. The Hall–Kier alpha value is -4.13. The van der Waals surface area contributed by atoms with E-state index in [4.69, 9.17) is 21.6 Å². The zero-order valence-electron chi connectivity index (χ0n) is 30.4. The molecule has 1 aromatic heterocycles. The fourth-order valence-electron chi connectivity index (χ4n) is 8.65. The molecule has 53 heavy (non-hydrogen) atoms. The highest BCUT2D eigenvalue weighted by Crippen LogP contribution is 2.38. The first-order valence-electron chi connectivity index (χ1n) is 18.9. The Morgan fingerprint density at radius 3 is 2.51 bits per heavy atom. The van der Waals surface area contributed by atoms with Crippen LogP contribution in [0.5, 0.6) is 0 Å². The molecule has 3 aromatic rings. The van der Waals surface area contributed by atoms with Gasteiger partial charge in [0.05, 0.1) is 10.7 Å². The number of aryl methyl sites for hydroxylation is 2. The van der Waals surface area contributed by atoms with Crippen LogP contribution in [0.15, 0.2) is 54.1 Å². The highest BCUT2D eigenvalue weighted by molar-refractivity contribution is 8.03. The molecule has 0 radical (unpaired) electrons. The number of thioether (sulfide) groups is 1. The number of piperidine rings is 3. The van der Waals surface area contributed by atoms with Crippen molar-refractivity contribution in [3.05, 3.63) is 87.2 Å². The Balaban J connectivity index is 0.799. The molecule has 6 heterocycles. The highest BCUT2D eigenvalue weighted by atomic mass is 35.5. The van der Waals surface area contributed by atoms with Crippen LogP contribution in [0.1, 0.15) is 71.4 Å². The second-order valence-electron chi connectivity index (χ2n) is 15.2. The largest absolute Gasteiger partial charge is 0.356 e. The van der Waals surface area contributed by atoms with Gasteiger partial charge < -0.3 is 24.9 Å². The highest BCUT2D eigenvalue weighted by Gasteiger charge is 2.39. The first-order valence-corrected chi connectivity index (χ1v) is 20.2. The van der Waals surface area contributed by atoms with Crippen LogP contribution in [0.2, 0.25) is 5.02 Å². The molecule has 3 fully saturated rings. The van der Waals surface area contributed by atoms with Crippen LogP contribution in [0.3, 0.4) is 0 Å². The molecule has 5 aliphatic rings. The standard InChI is InChI=1S/C40H47ClN8O3S/c1-25-4-3-5-32(41)37(25)48-18-19-53-40(48)44-34-22-35(43-26(2)42-34)47-16-12-28(13-17-47)23-46-14-10-27(11-15-46)20-29-6-7-31-30(21-29)24-49(39(31)52)33-8-9-36(50)45-38(33)51/h3-7,18-19,21-22,27-28,33,40H,8-17,20,23-24H2,1-2H3,(H,42,43,44)(H,45,50,51). The van der Waals surface area contributed by atoms with Gasteiger partial charge in [-0.3, -0.25) is 19.7 Å². The number of nitrogens with one attached hydrogen (secondary N) is 2. The first-order chi connectivity index (χ1) is 25.7. The number of likely N-dealkylation sites (tertiary alicyclic amines) is 1. The van der Waals surface area contributed by atoms with Gasteiger partial charge in [-0.25, -0.2) is 9.97 Å². The van der Waals surface area contributed by atoms with Crippen molar-refractivity contribution in [3.63, 3.8) is 0 Å². The molecule has 2 N–H and O–H groups in total. The monoisotopic (exact) mass is 754 g/mol. The zero-order valence-corrected chi connectivity index (χ0v) is 32.0. The summed E-state index contributed by atoms with van der Waals surface area (Å²) in [5.74, 6) is 3.12. The van der Waals surface area contributed by atoms with E-state index in [2.05, 4.69) is 68.1 Å². The molecule has 0 saturated carbocycles. The number of carbonyl (C=O) groups excluding carboxylic acids is 3. The van der Waals surface area contributed by atoms with Crippen molar-refractivity contribution >= 4 is 58.4 Å². The Bertz CT molecular complexity index is 1910. The SMILES string of the molecule is Cc1nc(NC2SC=CN2c2c(C)cccc2Cl)cc(N2CCC(CN3CCC(Cc4ccc5c(c4)CN(C4CCC(=O)NC4=O)C5=O)CC3)CC2)n1. The number of para-hydroxylation sites is 1. The second kappa shape index (κ2) is 15.3. The van der Waals surface area contributed by atoms with Crippen molar-refractivity contribution in [2.75, 3.05) is 47.8 Å². The van der Waals surface area contributed by atoms with Crippen LogP contribution in [-0.2, 0) is 22.6 Å². The van der Waals surface area contributed by atoms with E-state index in [1.807, 2.05) is 25.1 Å². The molecule has 13 heteroatoms. The lowest BCUT2D eigenvalue weighted by Gasteiger charge is -2.38. The Kier molecular flexibility index (Phi) is 10.4. The van der Waals surface area contributed by atoms with Crippen LogP contribution in [0, 0.1) is 25.7 Å². The van der Waals surface area contributed by atoms with E-state index in [1.165, 1.54) is 18.4 Å². The van der Waals surface area contributed by atoms with E-state index in [0.29, 0.717) is 30.4 Å². The average molecular weight is 755 g/mol. The van der Waals surface area contributed by atoms with Crippen molar-refractivity contribution in [1.29, 1.82) is 0 Å². The predicted molar refractivity (Wildman–Crippen MR) is 210 cm³/mol. The lowest BCUT2D eigenvalue weighted by Crippen LogP contribution is -2.52. The summed E-state index contributed by atoms with van der Waals surface area (Å²) < 4.78 is 0. The minimum atomic E-state index is -0.574. The topological polar surface area (TPSA) is 114 Å². The van der Waals surface area contributed by atoms with Crippen molar-refractivity contribution in [1.82, 2.24) is 25.1 Å². The number of nitrogens with zero attached hydrogens (tertiary/aromatic N) is 6. The zero-order chi connectivity index (χ0) is 36.6. The van der Waals surface area contributed by atoms with Crippen LogP contribution in [0.4, 0.5) is 17.3 Å².